The van der Waals surface area contributed by atoms with Crippen molar-refractivity contribution in [2.75, 3.05) is 40.0 Å². The van der Waals surface area contributed by atoms with E-state index in [4.69, 9.17) is 14.2 Å². The van der Waals surface area contributed by atoms with Gasteiger partial charge in [-0.15, -0.1) is 0 Å². The Labute approximate surface area is 126 Å². The molecule has 0 spiro atoms. The van der Waals surface area contributed by atoms with Crippen LogP contribution in [-0.4, -0.2) is 45.1 Å². The van der Waals surface area contributed by atoms with Gasteiger partial charge >= 0.3 is 0 Å². The molecule has 2 rings (SSSR count). The second-order valence-electron chi connectivity index (χ2n) is 5.18. The van der Waals surface area contributed by atoms with Gasteiger partial charge in [0.25, 0.3) is 0 Å². The smallest absolute Gasteiger partial charge is 0.161 e. The molecule has 118 valence electrons. The van der Waals surface area contributed by atoms with Crippen LogP contribution in [0.25, 0.3) is 0 Å². The highest BCUT2D eigenvalue weighted by Crippen LogP contribution is 2.32. The molecule has 1 aliphatic heterocycles. The van der Waals surface area contributed by atoms with E-state index in [1.165, 1.54) is 0 Å². The third-order valence-corrected chi connectivity index (χ3v) is 3.49. The molecule has 1 atom stereocenters. The van der Waals surface area contributed by atoms with Crippen LogP contribution in [0, 0.1) is 0 Å². The van der Waals surface area contributed by atoms with E-state index in [0.717, 1.165) is 49.5 Å². The predicted octanol–water partition coefficient (Wildman–Crippen LogP) is 1.90. The Morgan fingerprint density at radius 3 is 2.81 bits per heavy atom. The summed E-state index contributed by atoms with van der Waals surface area (Å²) in [7, 11) is 1.72. The van der Waals surface area contributed by atoms with Crippen molar-refractivity contribution in [3.63, 3.8) is 0 Å². The van der Waals surface area contributed by atoms with Crippen LogP contribution in [0.4, 0.5) is 0 Å². The molecule has 0 aliphatic carbocycles. The number of aliphatic hydroxyl groups excluding tert-OH is 1. The van der Waals surface area contributed by atoms with Crippen LogP contribution >= 0.6 is 0 Å². The monoisotopic (exact) mass is 295 g/mol. The van der Waals surface area contributed by atoms with Gasteiger partial charge in [0.15, 0.2) is 11.5 Å². The summed E-state index contributed by atoms with van der Waals surface area (Å²) in [5.41, 5.74) is 0.853. The maximum absolute atomic E-state index is 10.2. The zero-order chi connectivity index (χ0) is 14.9. The lowest BCUT2D eigenvalue weighted by atomic mass is 10.1. The first-order valence-corrected chi connectivity index (χ1v) is 7.58. The fourth-order valence-corrected chi connectivity index (χ4v) is 2.30. The predicted molar refractivity (Wildman–Crippen MR) is 81.0 cm³/mol. The van der Waals surface area contributed by atoms with Crippen LogP contribution in [0.5, 0.6) is 11.5 Å². The van der Waals surface area contributed by atoms with Crippen molar-refractivity contribution in [2.45, 2.75) is 25.4 Å². The SMILES string of the molecule is COCCCCCNCC(O)c1ccc2c(c1)OCCO2. The average molecular weight is 295 g/mol. The minimum absolute atomic E-state index is 0.528. The Hall–Kier alpha value is -1.30. The van der Waals surface area contributed by atoms with Crippen LogP contribution < -0.4 is 14.8 Å². The van der Waals surface area contributed by atoms with Crippen molar-refractivity contribution in [3.8, 4) is 11.5 Å². The van der Waals surface area contributed by atoms with E-state index >= 15 is 0 Å². The maximum atomic E-state index is 10.2. The molecule has 1 aliphatic rings. The zero-order valence-electron chi connectivity index (χ0n) is 12.6. The Bertz CT molecular complexity index is 425. The number of unbranched alkanes of at least 4 members (excludes halogenated alkanes) is 2. The molecule has 1 aromatic rings. The largest absolute Gasteiger partial charge is 0.486 e. The molecule has 0 saturated carbocycles. The molecule has 0 fully saturated rings. The van der Waals surface area contributed by atoms with Gasteiger partial charge < -0.3 is 24.6 Å². The molecule has 0 amide bonds. The van der Waals surface area contributed by atoms with Gasteiger partial charge in [-0.1, -0.05) is 6.07 Å². The molecule has 1 aromatic carbocycles. The quantitative estimate of drug-likeness (QED) is 0.681. The highest BCUT2D eigenvalue weighted by molar-refractivity contribution is 5.44. The van der Waals surface area contributed by atoms with Gasteiger partial charge in [-0.3, -0.25) is 0 Å². The van der Waals surface area contributed by atoms with Gasteiger partial charge in [-0.25, -0.2) is 0 Å². The Balaban J connectivity index is 1.69. The van der Waals surface area contributed by atoms with Crippen LogP contribution in [0.2, 0.25) is 0 Å². The molecule has 5 nitrogen and oxygen atoms in total. The number of methoxy groups -OCH3 is 1. The van der Waals surface area contributed by atoms with Crippen molar-refractivity contribution in [1.29, 1.82) is 0 Å². The van der Waals surface area contributed by atoms with E-state index in [2.05, 4.69) is 5.32 Å². The minimum Gasteiger partial charge on any atom is -0.486 e. The number of hydrogen-bond donors (Lipinski definition) is 2. The van der Waals surface area contributed by atoms with Gasteiger partial charge in [-0.2, -0.15) is 0 Å². The second-order valence-corrected chi connectivity index (χ2v) is 5.18. The van der Waals surface area contributed by atoms with Crippen LogP contribution in [0.3, 0.4) is 0 Å². The van der Waals surface area contributed by atoms with E-state index < -0.39 is 6.10 Å². The van der Waals surface area contributed by atoms with E-state index in [9.17, 15) is 5.11 Å². The van der Waals surface area contributed by atoms with E-state index in [1.54, 1.807) is 7.11 Å². The van der Waals surface area contributed by atoms with Gasteiger partial charge in [0.05, 0.1) is 6.10 Å². The third-order valence-electron chi connectivity index (χ3n) is 3.49. The summed E-state index contributed by atoms with van der Waals surface area (Å²) in [5, 5.41) is 13.5. The number of benzene rings is 1. The van der Waals surface area contributed by atoms with E-state index in [-0.39, 0.29) is 0 Å². The number of ether oxygens (including phenoxy) is 3. The van der Waals surface area contributed by atoms with Gasteiger partial charge in [-0.05, 0) is 43.5 Å². The zero-order valence-corrected chi connectivity index (χ0v) is 12.6. The highest BCUT2D eigenvalue weighted by Gasteiger charge is 2.15. The van der Waals surface area contributed by atoms with Crippen molar-refractivity contribution in [1.82, 2.24) is 5.32 Å². The molecule has 21 heavy (non-hydrogen) atoms. The van der Waals surface area contributed by atoms with Gasteiger partial charge in [0.1, 0.15) is 13.2 Å². The lowest BCUT2D eigenvalue weighted by Crippen LogP contribution is -2.23. The number of rotatable bonds is 9. The Kier molecular flexibility index (Phi) is 6.79. The molecule has 0 radical (unpaired) electrons. The molecular weight excluding hydrogens is 270 g/mol. The molecule has 5 heteroatoms. The van der Waals surface area contributed by atoms with E-state index in [1.807, 2.05) is 18.2 Å². The van der Waals surface area contributed by atoms with E-state index in [0.29, 0.717) is 19.8 Å². The average Bonchev–Trinajstić information content (AvgIpc) is 2.53. The van der Waals surface area contributed by atoms with Gasteiger partial charge in [0, 0.05) is 20.3 Å². The highest BCUT2D eigenvalue weighted by atomic mass is 16.6. The Morgan fingerprint density at radius 2 is 2.00 bits per heavy atom. The third kappa shape index (κ3) is 5.19. The molecule has 1 unspecified atom stereocenters. The molecule has 0 bridgehead atoms. The molecule has 0 aromatic heterocycles. The molecular formula is C16H25NO4. The number of aliphatic hydroxyl groups is 1. The first kappa shape index (κ1) is 16.1. The van der Waals surface area contributed by atoms with Crippen molar-refractivity contribution < 1.29 is 19.3 Å². The summed E-state index contributed by atoms with van der Waals surface area (Å²) in [6, 6.07) is 5.61. The summed E-state index contributed by atoms with van der Waals surface area (Å²) >= 11 is 0. The summed E-state index contributed by atoms with van der Waals surface area (Å²) in [5.74, 6) is 1.47. The van der Waals surface area contributed by atoms with Crippen molar-refractivity contribution in [2.24, 2.45) is 0 Å². The fourth-order valence-electron chi connectivity index (χ4n) is 2.30. The first-order valence-electron chi connectivity index (χ1n) is 7.58. The number of hydrogen-bond acceptors (Lipinski definition) is 5. The van der Waals surface area contributed by atoms with Gasteiger partial charge in [0.2, 0.25) is 0 Å². The summed E-state index contributed by atoms with van der Waals surface area (Å²) in [6.07, 6.45) is 2.79. The number of nitrogens with one attached hydrogen (secondary N) is 1. The maximum Gasteiger partial charge on any atom is 0.161 e. The lowest BCUT2D eigenvalue weighted by molar-refractivity contribution is 0.163. The first-order chi connectivity index (χ1) is 10.3. The topological polar surface area (TPSA) is 60.0 Å². The van der Waals surface area contributed by atoms with Crippen LogP contribution in [-0.2, 0) is 4.74 Å². The second kappa shape index (κ2) is 8.87. The normalized spacial score (nSPS) is 15.0. The van der Waals surface area contributed by atoms with Crippen LogP contribution in [0.1, 0.15) is 30.9 Å². The molecule has 2 N–H and O–H groups in total. The lowest BCUT2D eigenvalue weighted by Gasteiger charge is -2.20. The summed E-state index contributed by atoms with van der Waals surface area (Å²) < 4.78 is 16.0. The Morgan fingerprint density at radius 1 is 1.19 bits per heavy atom. The summed E-state index contributed by atoms with van der Waals surface area (Å²) in [4.78, 5) is 0. The molecule has 0 saturated heterocycles. The standard InChI is InChI=1S/C16H25NO4/c1-19-8-4-2-3-7-17-12-14(18)13-5-6-15-16(11-13)21-10-9-20-15/h5-6,11,14,17-18H,2-4,7-10,12H2,1H3. The minimum atomic E-state index is -0.528. The van der Waals surface area contributed by atoms with Crippen molar-refractivity contribution in [3.05, 3.63) is 23.8 Å². The summed E-state index contributed by atoms with van der Waals surface area (Å²) in [6.45, 7) is 3.42. The van der Waals surface area contributed by atoms with Crippen molar-refractivity contribution >= 4 is 0 Å². The molecule has 1 heterocycles. The fraction of sp³-hybridized carbons (Fsp3) is 0.625. The number of fused-ring (bicyclic) bond motifs is 1. The van der Waals surface area contributed by atoms with Crippen LogP contribution in [0.15, 0.2) is 18.2 Å².